The van der Waals surface area contributed by atoms with E-state index in [1.807, 2.05) is 11.8 Å². The van der Waals surface area contributed by atoms with Crippen molar-refractivity contribution in [1.29, 1.82) is 0 Å². The number of carbonyl (C=O) groups excluding carboxylic acids is 1. The number of rotatable bonds is 5. The summed E-state index contributed by atoms with van der Waals surface area (Å²) in [7, 11) is 0. The van der Waals surface area contributed by atoms with Crippen molar-refractivity contribution in [3.05, 3.63) is 35.4 Å². The van der Waals surface area contributed by atoms with Gasteiger partial charge in [-0.25, -0.2) is 0 Å². The molecule has 0 radical (unpaired) electrons. The average Bonchev–Trinajstić information content (AvgIpc) is 2.52. The molecular weight excluding hydrogens is 290 g/mol. The van der Waals surface area contributed by atoms with Crippen molar-refractivity contribution >= 4 is 11.9 Å². The van der Waals surface area contributed by atoms with E-state index in [1.54, 1.807) is 0 Å². The molecule has 3 atom stereocenters. The highest BCUT2D eigenvalue weighted by atomic mass is 16.4. The maximum absolute atomic E-state index is 12.6. The largest absolute Gasteiger partial charge is 0.481 e. The van der Waals surface area contributed by atoms with Crippen molar-refractivity contribution in [3.8, 4) is 0 Å². The Morgan fingerprint density at radius 2 is 1.96 bits per heavy atom. The van der Waals surface area contributed by atoms with Crippen LogP contribution in [0.5, 0.6) is 0 Å². The van der Waals surface area contributed by atoms with Gasteiger partial charge in [0.2, 0.25) is 5.91 Å². The van der Waals surface area contributed by atoms with Crippen molar-refractivity contribution in [2.75, 3.05) is 13.1 Å². The number of benzene rings is 1. The number of hydrogen-bond donors (Lipinski definition) is 1. The normalized spacial score (nSPS) is 22.7. The molecule has 1 fully saturated rings. The number of amides is 1. The third-order valence-electron chi connectivity index (χ3n) is 5.04. The lowest BCUT2D eigenvalue weighted by Crippen LogP contribution is -2.45. The Bertz CT molecular complexity index is 552. The maximum Gasteiger partial charge on any atom is 0.306 e. The predicted octanol–water partition coefficient (Wildman–Crippen LogP) is 3.45. The SMILES string of the molecule is CCC(CC(=O)N1CCC(C(=O)O)C(C)C1)c1ccc(C)cc1. The molecule has 1 saturated heterocycles. The van der Waals surface area contributed by atoms with Gasteiger partial charge in [-0.1, -0.05) is 43.7 Å². The van der Waals surface area contributed by atoms with E-state index >= 15 is 0 Å². The van der Waals surface area contributed by atoms with Gasteiger partial charge in [0, 0.05) is 19.5 Å². The van der Waals surface area contributed by atoms with E-state index in [1.165, 1.54) is 11.1 Å². The predicted molar refractivity (Wildman–Crippen MR) is 90.3 cm³/mol. The first-order valence-corrected chi connectivity index (χ1v) is 8.49. The van der Waals surface area contributed by atoms with Gasteiger partial charge in [-0.2, -0.15) is 0 Å². The van der Waals surface area contributed by atoms with E-state index in [-0.39, 0.29) is 23.7 Å². The fourth-order valence-electron chi connectivity index (χ4n) is 3.42. The van der Waals surface area contributed by atoms with Crippen LogP contribution in [0.4, 0.5) is 0 Å². The first-order valence-electron chi connectivity index (χ1n) is 8.49. The van der Waals surface area contributed by atoms with Crippen LogP contribution in [0.2, 0.25) is 0 Å². The van der Waals surface area contributed by atoms with Gasteiger partial charge in [0.15, 0.2) is 0 Å². The van der Waals surface area contributed by atoms with Crippen LogP contribution >= 0.6 is 0 Å². The van der Waals surface area contributed by atoms with E-state index < -0.39 is 5.97 Å². The van der Waals surface area contributed by atoms with Gasteiger partial charge < -0.3 is 10.0 Å². The third kappa shape index (κ3) is 4.34. The number of aryl methyl sites for hydroxylation is 1. The number of aliphatic carboxylic acids is 1. The Morgan fingerprint density at radius 3 is 2.48 bits per heavy atom. The van der Waals surface area contributed by atoms with Crippen molar-refractivity contribution in [3.63, 3.8) is 0 Å². The molecule has 23 heavy (non-hydrogen) atoms. The zero-order valence-electron chi connectivity index (χ0n) is 14.3. The average molecular weight is 317 g/mol. The molecule has 126 valence electrons. The number of carbonyl (C=O) groups is 2. The number of likely N-dealkylation sites (tertiary alicyclic amines) is 1. The molecule has 1 heterocycles. The van der Waals surface area contributed by atoms with Crippen LogP contribution < -0.4 is 0 Å². The molecule has 1 amide bonds. The molecule has 1 aromatic rings. The molecule has 1 N–H and O–H groups in total. The smallest absolute Gasteiger partial charge is 0.306 e. The lowest BCUT2D eigenvalue weighted by atomic mass is 9.86. The molecule has 0 bridgehead atoms. The van der Waals surface area contributed by atoms with Gasteiger partial charge in [0.1, 0.15) is 0 Å². The summed E-state index contributed by atoms with van der Waals surface area (Å²) < 4.78 is 0. The van der Waals surface area contributed by atoms with E-state index in [4.69, 9.17) is 0 Å². The molecule has 0 spiro atoms. The fraction of sp³-hybridized carbons (Fsp3) is 0.579. The van der Waals surface area contributed by atoms with Gasteiger partial charge in [-0.05, 0) is 37.2 Å². The van der Waals surface area contributed by atoms with Gasteiger partial charge in [-0.15, -0.1) is 0 Å². The maximum atomic E-state index is 12.6. The second kappa shape index (κ2) is 7.62. The van der Waals surface area contributed by atoms with Crippen LogP contribution in [-0.2, 0) is 9.59 Å². The first-order chi connectivity index (χ1) is 10.9. The molecule has 0 aliphatic carbocycles. The minimum absolute atomic E-state index is 0.0182. The lowest BCUT2D eigenvalue weighted by Gasteiger charge is -2.35. The van der Waals surface area contributed by atoms with Crippen LogP contribution in [0, 0.1) is 18.8 Å². The minimum Gasteiger partial charge on any atom is -0.481 e. The topological polar surface area (TPSA) is 57.6 Å². The molecule has 1 aliphatic heterocycles. The van der Waals surface area contributed by atoms with Crippen molar-refractivity contribution in [1.82, 2.24) is 4.90 Å². The van der Waals surface area contributed by atoms with Crippen molar-refractivity contribution in [2.45, 2.75) is 46.0 Å². The zero-order chi connectivity index (χ0) is 17.0. The van der Waals surface area contributed by atoms with Crippen LogP contribution in [-0.4, -0.2) is 35.0 Å². The molecule has 2 rings (SSSR count). The molecule has 0 saturated carbocycles. The van der Waals surface area contributed by atoms with E-state index in [9.17, 15) is 14.7 Å². The Balaban J connectivity index is 1.98. The van der Waals surface area contributed by atoms with E-state index in [2.05, 4.69) is 38.1 Å². The van der Waals surface area contributed by atoms with Crippen molar-refractivity contribution in [2.24, 2.45) is 11.8 Å². The summed E-state index contributed by atoms with van der Waals surface area (Å²) in [5.41, 5.74) is 2.43. The van der Waals surface area contributed by atoms with Crippen LogP contribution in [0.25, 0.3) is 0 Å². The Hall–Kier alpha value is -1.84. The number of piperidine rings is 1. The van der Waals surface area contributed by atoms with Crippen LogP contribution in [0.15, 0.2) is 24.3 Å². The van der Waals surface area contributed by atoms with Gasteiger partial charge >= 0.3 is 5.97 Å². The molecule has 1 aromatic carbocycles. The summed E-state index contributed by atoms with van der Waals surface area (Å²) in [6.07, 6.45) is 1.99. The molecule has 4 heteroatoms. The fourth-order valence-corrected chi connectivity index (χ4v) is 3.42. The highest BCUT2D eigenvalue weighted by Crippen LogP contribution is 2.28. The quantitative estimate of drug-likeness (QED) is 0.905. The summed E-state index contributed by atoms with van der Waals surface area (Å²) in [6.45, 7) is 7.21. The molecule has 4 nitrogen and oxygen atoms in total. The van der Waals surface area contributed by atoms with Gasteiger partial charge in [-0.3, -0.25) is 9.59 Å². The summed E-state index contributed by atoms with van der Waals surface area (Å²) >= 11 is 0. The molecular formula is C19H27NO3. The zero-order valence-corrected chi connectivity index (χ0v) is 14.3. The van der Waals surface area contributed by atoms with E-state index in [0.29, 0.717) is 25.9 Å². The Morgan fingerprint density at radius 1 is 1.30 bits per heavy atom. The second-order valence-corrected chi connectivity index (χ2v) is 6.77. The number of carboxylic acid groups (broad SMARTS) is 1. The third-order valence-corrected chi connectivity index (χ3v) is 5.04. The standard InChI is InChI=1S/C19H27NO3/c1-4-15(16-7-5-13(2)6-8-16)11-18(21)20-10-9-17(19(22)23)14(3)12-20/h5-8,14-15,17H,4,9-12H2,1-3H3,(H,22,23). The van der Waals surface area contributed by atoms with Gasteiger partial charge in [0.05, 0.1) is 5.92 Å². The molecule has 1 aliphatic rings. The Labute approximate surface area is 138 Å². The van der Waals surface area contributed by atoms with Crippen LogP contribution in [0.1, 0.15) is 50.2 Å². The number of carboxylic acids is 1. The number of nitrogens with zero attached hydrogens (tertiary/aromatic N) is 1. The lowest BCUT2D eigenvalue weighted by molar-refractivity contribution is -0.148. The van der Waals surface area contributed by atoms with Crippen molar-refractivity contribution < 1.29 is 14.7 Å². The Kier molecular flexibility index (Phi) is 5.80. The monoisotopic (exact) mass is 317 g/mol. The second-order valence-electron chi connectivity index (χ2n) is 6.77. The number of hydrogen-bond acceptors (Lipinski definition) is 2. The van der Waals surface area contributed by atoms with Crippen LogP contribution in [0.3, 0.4) is 0 Å². The molecule has 0 aromatic heterocycles. The summed E-state index contributed by atoms with van der Waals surface area (Å²) in [6, 6.07) is 8.39. The summed E-state index contributed by atoms with van der Waals surface area (Å²) in [5, 5.41) is 9.18. The highest BCUT2D eigenvalue weighted by Gasteiger charge is 2.33. The highest BCUT2D eigenvalue weighted by molar-refractivity contribution is 5.78. The summed E-state index contributed by atoms with van der Waals surface area (Å²) in [5.74, 6) is -0.665. The van der Waals surface area contributed by atoms with Gasteiger partial charge in [0.25, 0.3) is 0 Å². The minimum atomic E-state index is -0.740. The summed E-state index contributed by atoms with van der Waals surface area (Å²) in [4.78, 5) is 25.6. The van der Waals surface area contributed by atoms with E-state index in [0.717, 1.165) is 6.42 Å². The molecule has 3 unspecified atom stereocenters. The first kappa shape index (κ1) is 17.5.